The third-order valence-electron chi connectivity index (χ3n) is 1.83. The van der Waals surface area contributed by atoms with Crippen LogP contribution >= 0.6 is 0 Å². The van der Waals surface area contributed by atoms with Gasteiger partial charge in [0.25, 0.3) is 0 Å². The first-order valence-corrected chi connectivity index (χ1v) is 4.62. The highest BCUT2D eigenvalue weighted by atomic mass is 16.6. The quantitative estimate of drug-likeness (QED) is 0.582. The van der Waals surface area contributed by atoms with E-state index in [1.54, 1.807) is 0 Å². The maximum Gasteiger partial charge on any atom is 0.240 e. The second-order valence-corrected chi connectivity index (χ2v) is 3.24. The summed E-state index contributed by atoms with van der Waals surface area (Å²) < 4.78 is 0. The molecule has 0 atom stereocenters. The van der Waals surface area contributed by atoms with E-state index in [4.69, 9.17) is 4.84 Å². The Balaban J connectivity index is 2.25. The summed E-state index contributed by atoms with van der Waals surface area (Å²) in [6.45, 7) is 3.98. The molecule has 0 aliphatic rings. The molecule has 1 aromatic rings. The van der Waals surface area contributed by atoms with Crippen molar-refractivity contribution < 1.29 is 9.63 Å². The minimum atomic E-state index is -0.172. The maximum absolute atomic E-state index is 10.5. The van der Waals surface area contributed by atoms with Crippen molar-refractivity contribution in [3.05, 3.63) is 35.4 Å². The molecule has 76 valence electrons. The zero-order chi connectivity index (χ0) is 10.4. The van der Waals surface area contributed by atoms with Gasteiger partial charge in [0.1, 0.15) is 0 Å². The van der Waals surface area contributed by atoms with Gasteiger partial charge in [0.15, 0.2) is 0 Å². The van der Waals surface area contributed by atoms with E-state index in [2.05, 4.69) is 36.7 Å². The zero-order valence-electron chi connectivity index (χ0n) is 8.54. The lowest BCUT2D eigenvalue weighted by atomic mass is 10.1. The van der Waals surface area contributed by atoms with Crippen molar-refractivity contribution >= 4 is 5.91 Å². The molecule has 1 aromatic carbocycles. The van der Waals surface area contributed by atoms with Crippen LogP contribution < -0.4 is 5.48 Å². The van der Waals surface area contributed by atoms with Crippen LogP contribution in [0.3, 0.4) is 0 Å². The first kappa shape index (κ1) is 10.7. The molecule has 1 amide bonds. The third-order valence-corrected chi connectivity index (χ3v) is 1.83. The smallest absolute Gasteiger partial charge is 0.240 e. The van der Waals surface area contributed by atoms with E-state index in [9.17, 15) is 4.79 Å². The molecule has 0 radical (unpaired) electrons. The molecule has 0 saturated heterocycles. The standard InChI is InChI=1S/C11H15NO2/c1-9-3-5-11(6-4-9)7-8-14-12-10(2)13/h3-6H,7-8H2,1-2H3,(H,12,13). The van der Waals surface area contributed by atoms with Gasteiger partial charge in [-0.15, -0.1) is 0 Å². The summed E-state index contributed by atoms with van der Waals surface area (Å²) in [5, 5.41) is 0. The van der Waals surface area contributed by atoms with Crippen LogP contribution in [-0.2, 0) is 16.1 Å². The van der Waals surface area contributed by atoms with Gasteiger partial charge in [0.05, 0.1) is 6.61 Å². The Morgan fingerprint density at radius 1 is 1.36 bits per heavy atom. The fourth-order valence-electron chi connectivity index (χ4n) is 1.08. The van der Waals surface area contributed by atoms with Crippen LogP contribution in [0.5, 0.6) is 0 Å². The minimum absolute atomic E-state index is 0.172. The van der Waals surface area contributed by atoms with E-state index in [1.807, 2.05) is 0 Å². The van der Waals surface area contributed by atoms with Crippen LogP contribution in [0.25, 0.3) is 0 Å². The minimum Gasteiger partial charge on any atom is -0.273 e. The Hall–Kier alpha value is -1.35. The molecule has 1 rings (SSSR count). The maximum atomic E-state index is 10.5. The predicted molar refractivity (Wildman–Crippen MR) is 54.7 cm³/mol. The second kappa shape index (κ2) is 5.40. The van der Waals surface area contributed by atoms with Crippen LogP contribution in [0.1, 0.15) is 18.1 Å². The molecule has 0 fully saturated rings. The second-order valence-electron chi connectivity index (χ2n) is 3.24. The molecule has 0 saturated carbocycles. The summed E-state index contributed by atoms with van der Waals surface area (Å²) in [6.07, 6.45) is 0.806. The lowest BCUT2D eigenvalue weighted by Gasteiger charge is -2.03. The monoisotopic (exact) mass is 193 g/mol. The molecule has 14 heavy (non-hydrogen) atoms. The number of hydrogen-bond donors (Lipinski definition) is 1. The molecule has 1 N–H and O–H groups in total. The van der Waals surface area contributed by atoms with Crippen molar-refractivity contribution in [3.8, 4) is 0 Å². The summed E-state index contributed by atoms with van der Waals surface area (Å²) in [5.41, 5.74) is 4.74. The average molecular weight is 193 g/mol. The summed E-state index contributed by atoms with van der Waals surface area (Å²) >= 11 is 0. The van der Waals surface area contributed by atoms with E-state index in [1.165, 1.54) is 18.1 Å². The Morgan fingerprint density at radius 2 is 2.00 bits per heavy atom. The highest BCUT2D eigenvalue weighted by Gasteiger charge is 1.94. The lowest BCUT2D eigenvalue weighted by molar-refractivity contribution is -0.131. The highest BCUT2D eigenvalue weighted by Crippen LogP contribution is 2.03. The molecular formula is C11H15NO2. The molecule has 0 bridgehead atoms. The van der Waals surface area contributed by atoms with Crippen molar-refractivity contribution in [2.45, 2.75) is 20.3 Å². The van der Waals surface area contributed by atoms with Crippen molar-refractivity contribution in [2.75, 3.05) is 6.61 Å². The average Bonchev–Trinajstić information content (AvgIpc) is 2.15. The fourth-order valence-corrected chi connectivity index (χ4v) is 1.08. The van der Waals surface area contributed by atoms with Gasteiger partial charge in [0, 0.05) is 6.92 Å². The Kier molecular flexibility index (Phi) is 4.13. The number of hydrogen-bond acceptors (Lipinski definition) is 2. The zero-order valence-corrected chi connectivity index (χ0v) is 8.54. The van der Waals surface area contributed by atoms with Crippen LogP contribution in [-0.4, -0.2) is 12.5 Å². The number of benzene rings is 1. The van der Waals surface area contributed by atoms with Gasteiger partial charge in [-0.25, -0.2) is 5.48 Å². The van der Waals surface area contributed by atoms with Crippen LogP contribution in [0.2, 0.25) is 0 Å². The number of aryl methyl sites for hydroxylation is 1. The number of carbonyl (C=O) groups excluding carboxylic acids is 1. The Labute approximate surface area is 84.0 Å². The Bertz CT molecular complexity index is 293. The molecule has 0 unspecified atom stereocenters. The summed E-state index contributed by atoms with van der Waals surface area (Å²) in [6, 6.07) is 8.25. The van der Waals surface area contributed by atoms with Gasteiger partial charge in [-0.05, 0) is 18.9 Å². The van der Waals surface area contributed by atoms with Crippen molar-refractivity contribution in [2.24, 2.45) is 0 Å². The number of carbonyl (C=O) groups is 1. The van der Waals surface area contributed by atoms with E-state index in [0.717, 1.165) is 6.42 Å². The van der Waals surface area contributed by atoms with Crippen molar-refractivity contribution in [1.29, 1.82) is 0 Å². The SMILES string of the molecule is CC(=O)NOCCc1ccc(C)cc1. The van der Waals surface area contributed by atoms with Crippen LogP contribution in [0, 0.1) is 6.92 Å². The molecular weight excluding hydrogens is 178 g/mol. The van der Waals surface area contributed by atoms with E-state index >= 15 is 0 Å². The molecule has 3 nitrogen and oxygen atoms in total. The van der Waals surface area contributed by atoms with Gasteiger partial charge in [0.2, 0.25) is 5.91 Å². The highest BCUT2D eigenvalue weighted by molar-refractivity contribution is 5.71. The molecule has 0 heterocycles. The predicted octanol–water partition coefficient (Wildman–Crippen LogP) is 1.61. The largest absolute Gasteiger partial charge is 0.273 e. The van der Waals surface area contributed by atoms with Gasteiger partial charge in [-0.2, -0.15) is 0 Å². The summed E-state index contributed by atoms with van der Waals surface area (Å²) in [5.74, 6) is -0.172. The number of hydroxylamine groups is 1. The van der Waals surface area contributed by atoms with E-state index < -0.39 is 0 Å². The van der Waals surface area contributed by atoms with Gasteiger partial charge >= 0.3 is 0 Å². The number of amides is 1. The first-order chi connectivity index (χ1) is 6.68. The topological polar surface area (TPSA) is 38.3 Å². The number of rotatable bonds is 4. The summed E-state index contributed by atoms with van der Waals surface area (Å²) in [4.78, 5) is 15.4. The van der Waals surface area contributed by atoms with Crippen molar-refractivity contribution in [3.63, 3.8) is 0 Å². The molecule has 0 spiro atoms. The fraction of sp³-hybridized carbons (Fsp3) is 0.364. The van der Waals surface area contributed by atoms with Crippen LogP contribution in [0.15, 0.2) is 24.3 Å². The van der Waals surface area contributed by atoms with E-state index in [-0.39, 0.29) is 5.91 Å². The lowest BCUT2D eigenvalue weighted by Crippen LogP contribution is -2.21. The normalized spacial score (nSPS) is 9.86. The third kappa shape index (κ3) is 4.05. The van der Waals surface area contributed by atoms with Gasteiger partial charge < -0.3 is 0 Å². The number of nitrogens with one attached hydrogen (secondary N) is 1. The van der Waals surface area contributed by atoms with E-state index in [0.29, 0.717) is 6.61 Å². The molecule has 3 heteroatoms. The molecule has 0 aliphatic heterocycles. The Morgan fingerprint density at radius 3 is 2.57 bits per heavy atom. The van der Waals surface area contributed by atoms with Crippen LogP contribution in [0.4, 0.5) is 0 Å². The van der Waals surface area contributed by atoms with Gasteiger partial charge in [-0.1, -0.05) is 29.8 Å². The first-order valence-electron chi connectivity index (χ1n) is 4.62. The van der Waals surface area contributed by atoms with Gasteiger partial charge in [-0.3, -0.25) is 9.63 Å². The summed E-state index contributed by atoms with van der Waals surface area (Å²) in [7, 11) is 0. The molecule has 0 aromatic heterocycles. The molecule has 0 aliphatic carbocycles. The van der Waals surface area contributed by atoms with Crippen molar-refractivity contribution in [1.82, 2.24) is 5.48 Å².